The van der Waals surface area contributed by atoms with Crippen LogP contribution < -0.4 is 4.90 Å². The molecule has 0 N–H and O–H groups in total. The van der Waals surface area contributed by atoms with Gasteiger partial charge in [-0.25, -0.2) is 9.97 Å². The number of hydrogen-bond acceptors (Lipinski definition) is 4. The largest absolute Gasteiger partial charge is 0.353 e. The van der Waals surface area contributed by atoms with E-state index >= 15 is 0 Å². The van der Waals surface area contributed by atoms with Gasteiger partial charge in [-0.3, -0.25) is 0 Å². The van der Waals surface area contributed by atoms with Gasteiger partial charge in [0.2, 0.25) is 0 Å². The molecule has 2 rings (SSSR count). The summed E-state index contributed by atoms with van der Waals surface area (Å²) in [6.07, 6.45) is 0. The Balaban J connectivity index is 2.23. The van der Waals surface area contributed by atoms with Crippen molar-refractivity contribution in [1.29, 1.82) is 0 Å². The fourth-order valence-corrected chi connectivity index (χ4v) is 3.10. The van der Waals surface area contributed by atoms with E-state index < -0.39 is 0 Å². The summed E-state index contributed by atoms with van der Waals surface area (Å²) in [5.41, 5.74) is 3.01. The Hall–Kier alpha value is -0.650. The number of rotatable bonds is 3. The topological polar surface area (TPSA) is 29.0 Å². The lowest BCUT2D eigenvalue weighted by molar-refractivity contribution is 0.878. The van der Waals surface area contributed by atoms with Crippen molar-refractivity contribution in [3.8, 4) is 0 Å². The zero-order valence-corrected chi connectivity index (χ0v) is 13.5. The Morgan fingerprint density at radius 2 is 2.00 bits per heavy atom. The molecule has 0 amide bonds. The van der Waals surface area contributed by atoms with E-state index in [-0.39, 0.29) is 0 Å². The minimum Gasteiger partial charge on any atom is -0.353 e. The summed E-state index contributed by atoms with van der Waals surface area (Å²) in [5.74, 6) is 0.724. The average molecular weight is 347 g/mol. The normalized spacial score (nSPS) is 10.7. The van der Waals surface area contributed by atoms with E-state index in [1.54, 1.807) is 11.3 Å². The molecule has 0 saturated carbocycles. The number of halogens is 2. The fourth-order valence-electron chi connectivity index (χ4n) is 1.58. The summed E-state index contributed by atoms with van der Waals surface area (Å²) in [6, 6.07) is 2.10. The van der Waals surface area contributed by atoms with Gasteiger partial charge in [0.15, 0.2) is 11.0 Å². The second kappa shape index (κ2) is 5.55. The highest BCUT2D eigenvalue weighted by molar-refractivity contribution is 9.11. The van der Waals surface area contributed by atoms with Crippen LogP contribution >= 0.6 is 38.9 Å². The second-order valence-electron chi connectivity index (χ2n) is 4.12. The zero-order valence-electron chi connectivity index (χ0n) is 10.4. The molecule has 0 atom stereocenters. The van der Waals surface area contributed by atoms with Crippen LogP contribution in [-0.2, 0) is 6.54 Å². The maximum absolute atomic E-state index is 6.15. The van der Waals surface area contributed by atoms with Gasteiger partial charge in [0.25, 0.3) is 0 Å². The van der Waals surface area contributed by atoms with Crippen LogP contribution in [-0.4, -0.2) is 17.0 Å². The van der Waals surface area contributed by atoms with Gasteiger partial charge in [0.05, 0.1) is 15.2 Å². The molecular formula is C12H13BrClN3S. The first-order valence-corrected chi connectivity index (χ1v) is 7.47. The SMILES string of the molecule is Cc1nc(Cl)c(N(C)Cc2csc(Br)c2)nc1C. The third-order valence-electron chi connectivity index (χ3n) is 2.65. The molecule has 0 radical (unpaired) electrons. The van der Waals surface area contributed by atoms with Gasteiger partial charge in [0.1, 0.15) is 0 Å². The Labute approximate surface area is 124 Å². The number of aryl methyl sites for hydroxylation is 2. The van der Waals surface area contributed by atoms with E-state index in [0.29, 0.717) is 5.15 Å². The lowest BCUT2D eigenvalue weighted by Gasteiger charge is -2.19. The van der Waals surface area contributed by atoms with Gasteiger partial charge >= 0.3 is 0 Å². The van der Waals surface area contributed by atoms with Crippen LogP contribution in [0.25, 0.3) is 0 Å². The van der Waals surface area contributed by atoms with E-state index in [0.717, 1.165) is 27.5 Å². The van der Waals surface area contributed by atoms with Crippen molar-refractivity contribution < 1.29 is 0 Å². The van der Waals surface area contributed by atoms with E-state index in [4.69, 9.17) is 11.6 Å². The van der Waals surface area contributed by atoms with Crippen molar-refractivity contribution in [1.82, 2.24) is 9.97 Å². The Kier molecular flexibility index (Phi) is 4.25. The summed E-state index contributed by atoms with van der Waals surface area (Å²) >= 11 is 11.3. The standard InChI is InChI=1S/C12H13BrClN3S/c1-7-8(2)16-12(11(14)15-7)17(3)5-9-4-10(13)18-6-9/h4,6H,5H2,1-3H3. The predicted octanol–water partition coefficient (Wildman–Crippen LogP) is 4.21. The van der Waals surface area contributed by atoms with Crippen molar-refractivity contribution in [2.45, 2.75) is 20.4 Å². The van der Waals surface area contributed by atoms with E-state index in [1.165, 1.54) is 5.56 Å². The Morgan fingerprint density at radius 3 is 2.61 bits per heavy atom. The van der Waals surface area contributed by atoms with Gasteiger partial charge in [-0.15, -0.1) is 11.3 Å². The number of thiophene rings is 1. The first kappa shape index (κ1) is 13.8. The van der Waals surface area contributed by atoms with Gasteiger partial charge in [-0.05, 0) is 46.8 Å². The molecule has 96 valence electrons. The van der Waals surface area contributed by atoms with Crippen molar-refractivity contribution in [3.05, 3.63) is 37.3 Å². The van der Waals surface area contributed by atoms with Gasteiger partial charge in [-0.1, -0.05) is 11.6 Å². The molecule has 0 fully saturated rings. The van der Waals surface area contributed by atoms with Crippen LogP contribution in [0.1, 0.15) is 17.0 Å². The molecule has 0 spiro atoms. The third kappa shape index (κ3) is 3.02. The van der Waals surface area contributed by atoms with Crippen molar-refractivity contribution in [3.63, 3.8) is 0 Å². The van der Waals surface area contributed by atoms with Crippen molar-refractivity contribution in [2.24, 2.45) is 0 Å². The second-order valence-corrected chi connectivity index (χ2v) is 6.77. The highest BCUT2D eigenvalue weighted by Crippen LogP contribution is 2.26. The first-order valence-electron chi connectivity index (χ1n) is 5.42. The van der Waals surface area contributed by atoms with Crippen molar-refractivity contribution in [2.75, 3.05) is 11.9 Å². The number of hydrogen-bond donors (Lipinski definition) is 0. The van der Waals surface area contributed by atoms with Gasteiger partial charge in [-0.2, -0.15) is 0 Å². The van der Waals surface area contributed by atoms with Gasteiger partial charge in [0, 0.05) is 13.6 Å². The number of aromatic nitrogens is 2. The summed E-state index contributed by atoms with van der Waals surface area (Å²) in [6.45, 7) is 4.62. The first-order chi connectivity index (χ1) is 8.47. The molecule has 18 heavy (non-hydrogen) atoms. The fraction of sp³-hybridized carbons (Fsp3) is 0.333. The number of nitrogens with zero attached hydrogens (tertiary/aromatic N) is 3. The molecule has 0 saturated heterocycles. The Morgan fingerprint density at radius 1 is 1.33 bits per heavy atom. The van der Waals surface area contributed by atoms with Crippen molar-refractivity contribution >= 4 is 44.7 Å². The van der Waals surface area contributed by atoms with Crippen LogP contribution in [0, 0.1) is 13.8 Å². The monoisotopic (exact) mass is 345 g/mol. The maximum Gasteiger partial charge on any atom is 0.171 e. The molecule has 6 heteroatoms. The zero-order chi connectivity index (χ0) is 13.3. The molecular weight excluding hydrogens is 334 g/mol. The lowest BCUT2D eigenvalue weighted by Crippen LogP contribution is -2.19. The molecule has 3 nitrogen and oxygen atoms in total. The highest BCUT2D eigenvalue weighted by atomic mass is 79.9. The minimum atomic E-state index is 0.454. The van der Waals surface area contributed by atoms with E-state index in [2.05, 4.69) is 37.3 Å². The highest BCUT2D eigenvalue weighted by Gasteiger charge is 2.12. The number of anilines is 1. The molecule has 0 aliphatic carbocycles. The predicted molar refractivity (Wildman–Crippen MR) is 80.6 cm³/mol. The molecule has 2 aromatic heterocycles. The summed E-state index contributed by atoms with van der Waals surface area (Å²) < 4.78 is 1.13. The maximum atomic E-state index is 6.15. The minimum absolute atomic E-state index is 0.454. The Bertz CT molecular complexity index is 570. The van der Waals surface area contributed by atoms with Crippen LogP contribution in [0.3, 0.4) is 0 Å². The third-order valence-corrected chi connectivity index (χ3v) is 4.46. The summed E-state index contributed by atoms with van der Waals surface area (Å²) in [5, 5.41) is 2.57. The summed E-state index contributed by atoms with van der Waals surface area (Å²) in [7, 11) is 1.97. The molecule has 0 aliphatic heterocycles. The molecule has 0 bridgehead atoms. The quantitative estimate of drug-likeness (QED) is 0.833. The molecule has 0 aliphatic rings. The molecule has 2 heterocycles. The van der Waals surface area contributed by atoms with E-state index in [1.807, 2.05) is 25.8 Å². The van der Waals surface area contributed by atoms with Crippen LogP contribution in [0.4, 0.5) is 5.82 Å². The summed E-state index contributed by atoms with van der Waals surface area (Å²) in [4.78, 5) is 10.8. The van der Waals surface area contributed by atoms with Gasteiger partial charge < -0.3 is 4.90 Å². The lowest BCUT2D eigenvalue weighted by atomic mass is 10.3. The molecule has 0 aromatic carbocycles. The smallest absolute Gasteiger partial charge is 0.171 e. The molecule has 0 unspecified atom stereocenters. The van der Waals surface area contributed by atoms with Crippen LogP contribution in [0.15, 0.2) is 15.2 Å². The van der Waals surface area contributed by atoms with Crippen LogP contribution in [0.5, 0.6) is 0 Å². The van der Waals surface area contributed by atoms with Crippen LogP contribution in [0.2, 0.25) is 5.15 Å². The average Bonchev–Trinajstić information content (AvgIpc) is 2.69. The molecule has 2 aromatic rings. The van der Waals surface area contributed by atoms with E-state index in [9.17, 15) is 0 Å².